The lowest BCUT2D eigenvalue weighted by Gasteiger charge is -2.15. The average molecular weight is 386 g/mol. The maximum absolute atomic E-state index is 13.2. The molecule has 148 valence electrons. The molecule has 1 aliphatic rings. The summed E-state index contributed by atoms with van der Waals surface area (Å²) in [5, 5.41) is 15.0. The zero-order chi connectivity index (χ0) is 20.8. The molecular weight excluding hydrogens is 360 g/mol. The second-order valence-corrected chi connectivity index (χ2v) is 7.30. The van der Waals surface area contributed by atoms with Crippen LogP contribution in [0.25, 0.3) is 12.2 Å². The van der Waals surface area contributed by atoms with E-state index in [1.54, 1.807) is 24.3 Å². The molecule has 2 aromatic rings. The van der Waals surface area contributed by atoms with Crippen molar-refractivity contribution in [2.75, 3.05) is 0 Å². The van der Waals surface area contributed by atoms with Crippen LogP contribution in [0, 0.1) is 10.8 Å². The molecule has 2 aromatic carbocycles. The van der Waals surface area contributed by atoms with E-state index in [-0.39, 0.29) is 17.5 Å². The molecule has 0 amide bonds. The van der Waals surface area contributed by atoms with Crippen LogP contribution in [0.4, 0.5) is 0 Å². The zero-order valence-electron chi connectivity index (χ0n) is 16.4. The van der Waals surface area contributed by atoms with E-state index < -0.39 is 0 Å². The number of rotatable bonds is 4. The zero-order valence-corrected chi connectivity index (χ0v) is 16.4. The van der Waals surface area contributed by atoms with Crippen molar-refractivity contribution in [3.05, 3.63) is 81.9 Å². The number of nitrogens with one attached hydrogen (secondary N) is 2. The number of hydrogen-bond acceptors (Lipinski definition) is 3. The van der Waals surface area contributed by atoms with Crippen LogP contribution < -0.4 is 11.5 Å². The van der Waals surface area contributed by atoms with Gasteiger partial charge in [0.05, 0.1) is 0 Å². The minimum absolute atomic E-state index is 0.0345. The fourth-order valence-corrected chi connectivity index (χ4v) is 3.44. The molecule has 1 aliphatic carbocycles. The fourth-order valence-electron chi connectivity index (χ4n) is 3.44. The van der Waals surface area contributed by atoms with E-state index in [0.717, 1.165) is 54.4 Å². The third kappa shape index (κ3) is 5.29. The molecule has 0 aliphatic heterocycles. The Kier molecular flexibility index (Phi) is 6.39. The standard InChI is InChI=1S/C24H26N4O/c25-23(26)18-10-6-16(7-11-18)14-20-4-2-1-3-5-21(22(20)29)15-17-8-12-19(13-9-17)24(27)28/h6-15H,1-5H2,(H3,25,26)(H3,27,28)/b20-14-,21-15-. The summed E-state index contributed by atoms with van der Waals surface area (Å²) in [4.78, 5) is 13.2. The number of Topliss-reactive ketones (excluding diaryl/α,β-unsaturated/α-hetero) is 1. The third-order valence-electron chi connectivity index (χ3n) is 5.10. The van der Waals surface area contributed by atoms with Crippen LogP contribution in [-0.2, 0) is 4.79 Å². The lowest BCUT2D eigenvalue weighted by atomic mass is 9.89. The molecule has 5 nitrogen and oxygen atoms in total. The first kappa shape index (κ1) is 20.3. The number of hydrogen-bond donors (Lipinski definition) is 4. The molecule has 0 bridgehead atoms. The Morgan fingerprint density at radius 3 is 1.41 bits per heavy atom. The first-order chi connectivity index (χ1) is 13.9. The van der Waals surface area contributed by atoms with Crippen LogP contribution >= 0.6 is 0 Å². The van der Waals surface area contributed by atoms with Crippen molar-refractivity contribution in [3.8, 4) is 0 Å². The molecule has 1 saturated carbocycles. The summed E-state index contributed by atoms with van der Waals surface area (Å²) >= 11 is 0. The quantitative estimate of drug-likeness (QED) is 0.357. The van der Waals surface area contributed by atoms with Gasteiger partial charge in [0.15, 0.2) is 5.78 Å². The van der Waals surface area contributed by atoms with E-state index in [9.17, 15) is 4.79 Å². The number of amidine groups is 2. The van der Waals surface area contributed by atoms with Gasteiger partial charge in [0.25, 0.3) is 0 Å². The van der Waals surface area contributed by atoms with Gasteiger partial charge in [0.2, 0.25) is 0 Å². The van der Waals surface area contributed by atoms with Gasteiger partial charge in [-0.05, 0) is 49.0 Å². The summed E-state index contributed by atoms with van der Waals surface area (Å²) in [7, 11) is 0. The summed E-state index contributed by atoms with van der Waals surface area (Å²) in [6.07, 6.45) is 8.51. The maximum atomic E-state index is 13.2. The molecule has 0 heterocycles. The van der Waals surface area contributed by atoms with E-state index in [1.165, 1.54) is 0 Å². The van der Waals surface area contributed by atoms with Crippen LogP contribution in [0.2, 0.25) is 0 Å². The molecule has 5 heteroatoms. The minimum Gasteiger partial charge on any atom is -0.384 e. The Labute approximate surface area is 171 Å². The molecule has 6 N–H and O–H groups in total. The Hall–Kier alpha value is -3.47. The lowest BCUT2D eigenvalue weighted by Crippen LogP contribution is -2.11. The first-order valence-electron chi connectivity index (χ1n) is 9.79. The summed E-state index contributed by atoms with van der Waals surface area (Å²) in [6, 6.07) is 14.8. The molecule has 0 aromatic heterocycles. The van der Waals surface area contributed by atoms with E-state index in [0.29, 0.717) is 11.1 Å². The summed E-state index contributed by atoms with van der Waals surface area (Å²) in [6.45, 7) is 0. The molecular formula is C24H26N4O. The highest BCUT2D eigenvalue weighted by Gasteiger charge is 2.18. The van der Waals surface area contributed by atoms with Crippen molar-refractivity contribution in [3.63, 3.8) is 0 Å². The highest BCUT2D eigenvalue weighted by atomic mass is 16.1. The Bertz CT molecular complexity index is 903. The average Bonchev–Trinajstić information content (AvgIpc) is 2.71. The predicted octanol–water partition coefficient (Wildman–Crippen LogP) is 4.25. The van der Waals surface area contributed by atoms with E-state index in [2.05, 4.69) is 0 Å². The van der Waals surface area contributed by atoms with Gasteiger partial charge in [0.1, 0.15) is 11.7 Å². The summed E-state index contributed by atoms with van der Waals surface area (Å²) in [5.41, 5.74) is 15.9. The fraction of sp³-hybridized carbons (Fsp3) is 0.208. The molecule has 3 rings (SSSR count). The van der Waals surface area contributed by atoms with Crippen LogP contribution in [0.15, 0.2) is 59.7 Å². The largest absolute Gasteiger partial charge is 0.384 e. The number of ketones is 1. The lowest BCUT2D eigenvalue weighted by molar-refractivity contribution is -0.112. The molecule has 0 saturated heterocycles. The van der Waals surface area contributed by atoms with Gasteiger partial charge in [-0.15, -0.1) is 0 Å². The second-order valence-electron chi connectivity index (χ2n) is 7.30. The topological polar surface area (TPSA) is 117 Å². The Balaban J connectivity index is 1.89. The number of nitrogens with two attached hydrogens (primary N) is 2. The Morgan fingerprint density at radius 2 is 1.07 bits per heavy atom. The highest BCUT2D eigenvalue weighted by molar-refractivity contribution is 6.13. The molecule has 0 radical (unpaired) electrons. The van der Waals surface area contributed by atoms with Crippen molar-refractivity contribution in [1.82, 2.24) is 0 Å². The van der Waals surface area contributed by atoms with Crippen molar-refractivity contribution < 1.29 is 4.79 Å². The van der Waals surface area contributed by atoms with Gasteiger partial charge in [-0.1, -0.05) is 55.0 Å². The first-order valence-corrected chi connectivity index (χ1v) is 9.79. The number of carbonyl (C=O) groups is 1. The molecule has 0 spiro atoms. The van der Waals surface area contributed by atoms with Crippen LogP contribution in [-0.4, -0.2) is 17.5 Å². The summed E-state index contributed by atoms with van der Waals surface area (Å²) in [5.74, 6) is 0.162. The minimum atomic E-state index is 0.0345. The number of carbonyl (C=O) groups excluding carboxylic acids is 1. The maximum Gasteiger partial charge on any atom is 0.185 e. The van der Waals surface area contributed by atoms with Gasteiger partial charge in [-0.3, -0.25) is 15.6 Å². The number of nitrogen functional groups attached to an aromatic ring is 2. The van der Waals surface area contributed by atoms with Gasteiger partial charge in [-0.25, -0.2) is 0 Å². The van der Waals surface area contributed by atoms with Gasteiger partial charge < -0.3 is 11.5 Å². The van der Waals surface area contributed by atoms with Crippen LogP contribution in [0.3, 0.4) is 0 Å². The van der Waals surface area contributed by atoms with E-state index in [4.69, 9.17) is 22.3 Å². The SMILES string of the molecule is N=C(N)c1ccc(/C=C2/CCCCC/C(=C/c3ccc(C(=N)N)cc3)C2=O)cc1. The Morgan fingerprint density at radius 1 is 0.690 bits per heavy atom. The van der Waals surface area contributed by atoms with Gasteiger partial charge in [0, 0.05) is 22.3 Å². The highest BCUT2D eigenvalue weighted by Crippen LogP contribution is 2.26. The van der Waals surface area contributed by atoms with E-state index in [1.807, 2.05) is 36.4 Å². The van der Waals surface area contributed by atoms with Gasteiger partial charge >= 0.3 is 0 Å². The molecule has 0 atom stereocenters. The molecule has 0 unspecified atom stereocenters. The third-order valence-corrected chi connectivity index (χ3v) is 5.10. The molecule has 1 fully saturated rings. The summed E-state index contributed by atoms with van der Waals surface area (Å²) < 4.78 is 0. The smallest absolute Gasteiger partial charge is 0.185 e. The van der Waals surface area contributed by atoms with Crippen molar-refractivity contribution in [1.29, 1.82) is 10.8 Å². The van der Waals surface area contributed by atoms with Crippen molar-refractivity contribution in [2.24, 2.45) is 11.5 Å². The van der Waals surface area contributed by atoms with E-state index >= 15 is 0 Å². The van der Waals surface area contributed by atoms with Gasteiger partial charge in [-0.2, -0.15) is 0 Å². The second kappa shape index (κ2) is 9.15. The number of benzene rings is 2. The normalized spacial score (nSPS) is 17.7. The van der Waals surface area contributed by atoms with Crippen molar-refractivity contribution >= 4 is 29.6 Å². The van der Waals surface area contributed by atoms with Crippen LogP contribution in [0.5, 0.6) is 0 Å². The van der Waals surface area contributed by atoms with Crippen LogP contribution in [0.1, 0.15) is 54.4 Å². The monoisotopic (exact) mass is 386 g/mol. The number of allylic oxidation sites excluding steroid dienone is 2. The predicted molar refractivity (Wildman–Crippen MR) is 119 cm³/mol. The molecule has 29 heavy (non-hydrogen) atoms. The van der Waals surface area contributed by atoms with Crippen molar-refractivity contribution in [2.45, 2.75) is 32.1 Å².